The van der Waals surface area contributed by atoms with Crippen molar-refractivity contribution < 1.29 is 88.0 Å². The third-order valence-corrected chi connectivity index (χ3v) is 14.0. The fraction of sp³-hybridized carbons (Fsp3) is 0.508. The Hall–Kier alpha value is -6.33. The third kappa shape index (κ3) is 22.4. The lowest BCUT2D eigenvalue weighted by molar-refractivity contribution is -0.301. The number of ether oxygens (including phenoxy) is 3. The van der Waals surface area contributed by atoms with Crippen LogP contribution < -0.4 is 11.5 Å². The van der Waals surface area contributed by atoms with Crippen LogP contribution in [0, 0.1) is 23.7 Å². The average Bonchev–Trinajstić information content (AvgIpc) is 3.35. The molecule has 2 bridgehead atoms. The van der Waals surface area contributed by atoms with Crippen molar-refractivity contribution in [3.63, 3.8) is 0 Å². The van der Waals surface area contributed by atoms with E-state index >= 15 is 0 Å². The Morgan fingerprint density at radius 1 is 0.696 bits per heavy atom. The highest BCUT2D eigenvalue weighted by Crippen LogP contribution is 2.38. The second-order valence-electron chi connectivity index (χ2n) is 20.8. The van der Waals surface area contributed by atoms with Crippen LogP contribution in [0.25, 0.3) is 0 Å². The zero-order chi connectivity index (χ0) is 58.4. The minimum Gasteiger partial charge on any atom is -0.481 e. The third-order valence-electron chi connectivity index (χ3n) is 14.0. The van der Waals surface area contributed by atoms with Gasteiger partial charge in [-0.2, -0.15) is 0 Å². The number of rotatable bonds is 10. The van der Waals surface area contributed by atoms with Crippen LogP contribution in [0.3, 0.4) is 0 Å². The van der Waals surface area contributed by atoms with Crippen LogP contribution in [0.15, 0.2) is 109 Å². The predicted molar refractivity (Wildman–Crippen MR) is 288 cm³/mol. The molecule has 20 heteroatoms. The Bertz CT molecular complexity index is 2530. The zero-order valence-electron chi connectivity index (χ0n) is 44.8. The molecule has 0 spiro atoms. The summed E-state index contributed by atoms with van der Waals surface area (Å²) in [6, 6.07) is 5.19. The number of nitrogen functional groups attached to an aromatic ring is 1. The van der Waals surface area contributed by atoms with Crippen molar-refractivity contribution in [1.82, 2.24) is 0 Å². The Labute approximate surface area is 459 Å². The predicted octanol–water partition coefficient (Wildman–Crippen LogP) is 3.99. The molecule has 3 heterocycles. The molecule has 3 aliphatic rings. The molecular weight excluding hydrogens is 1020 g/mol. The molecule has 4 rings (SSSR count). The Kier molecular flexibility index (Phi) is 26.5. The number of carbonyl (C=O) groups is 9. The first-order chi connectivity index (χ1) is 37.3. The number of fused-ring (bicyclic) bond motifs is 2. The fourth-order valence-electron chi connectivity index (χ4n) is 9.73. The first kappa shape index (κ1) is 65.2. The molecule has 2 saturated heterocycles. The fourth-order valence-corrected chi connectivity index (χ4v) is 9.73. The average molecular weight is 1100 g/mol. The standard InChI is InChI=1S/C59H76N2O18/c1-35-16-14-12-10-8-6-4-5-7-9-11-13-15-17-48(78-58-56(73)54(61)55(72)37(3)77-58)32-52-53(57(74)75)51(71)34-59(76,79-52)33-47(69)29-45(67)27-43(65)25-41(63)24-42(64)26-44(66)28-46(68)30-49(35)36(2)18-23-40(62)31-50(70)38-19-21-39(60)22-20-38/h4-17,19-22,35-37,40,48-49,51-56,58,62,71-73,76H,18,23-34,60-61H2,1-3H3,(H,74,75)/t35?,36?,37-,40?,48?,49?,51?,52?,53?,54+,55-,56+,58+,59?/m1/s1. The van der Waals surface area contributed by atoms with Gasteiger partial charge in [0.1, 0.15) is 52.5 Å². The summed E-state index contributed by atoms with van der Waals surface area (Å²) in [5.74, 6) is -12.5. The van der Waals surface area contributed by atoms with Crippen molar-refractivity contribution in [2.24, 2.45) is 29.4 Å². The van der Waals surface area contributed by atoms with Crippen LogP contribution in [-0.4, -0.2) is 144 Å². The molecule has 10 N–H and O–H groups in total. The van der Waals surface area contributed by atoms with Gasteiger partial charge < -0.3 is 56.3 Å². The van der Waals surface area contributed by atoms with E-state index < -0.39 is 171 Å². The second-order valence-corrected chi connectivity index (χ2v) is 20.8. The van der Waals surface area contributed by atoms with E-state index in [9.17, 15) is 73.8 Å². The molecule has 430 valence electrons. The molecule has 1 aromatic carbocycles. The number of allylic oxidation sites excluding steroid dienone is 13. The highest BCUT2D eigenvalue weighted by Gasteiger charge is 2.51. The highest BCUT2D eigenvalue weighted by molar-refractivity contribution is 6.16. The summed E-state index contributed by atoms with van der Waals surface area (Å²) in [6.45, 7) is 5.33. The van der Waals surface area contributed by atoms with E-state index in [0.29, 0.717) is 17.7 Å². The summed E-state index contributed by atoms with van der Waals surface area (Å²) in [7, 11) is 0. The van der Waals surface area contributed by atoms with Crippen molar-refractivity contribution in [3.8, 4) is 0 Å². The summed E-state index contributed by atoms with van der Waals surface area (Å²) in [6.07, 6.45) is 6.93. The van der Waals surface area contributed by atoms with Crippen molar-refractivity contribution in [2.75, 3.05) is 5.73 Å². The molecule has 20 nitrogen and oxygen atoms in total. The maximum atomic E-state index is 13.4. The molecule has 2 fully saturated rings. The van der Waals surface area contributed by atoms with Crippen molar-refractivity contribution in [2.45, 2.75) is 165 Å². The molecule has 0 aromatic heterocycles. The maximum Gasteiger partial charge on any atom is 0.311 e. The second kappa shape index (κ2) is 32.1. The number of nitrogens with two attached hydrogens (primary N) is 2. The summed E-state index contributed by atoms with van der Waals surface area (Å²) >= 11 is 0. The lowest BCUT2D eigenvalue weighted by atomic mass is 9.77. The van der Waals surface area contributed by atoms with Crippen LogP contribution >= 0.6 is 0 Å². The largest absolute Gasteiger partial charge is 0.481 e. The van der Waals surface area contributed by atoms with E-state index in [1.807, 2.05) is 26.0 Å². The molecule has 14 atom stereocenters. The van der Waals surface area contributed by atoms with Gasteiger partial charge in [-0.25, -0.2) is 0 Å². The summed E-state index contributed by atoms with van der Waals surface area (Å²) in [4.78, 5) is 116. The number of hydrogen-bond donors (Lipinski definition) is 8. The van der Waals surface area contributed by atoms with Gasteiger partial charge in [0, 0.05) is 36.9 Å². The van der Waals surface area contributed by atoms with Gasteiger partial charge in [-0.3, -0.25) is 43.2 Å². The van der Waals surface area contributed by atoms with Gasteiger partial charge in [-0.1, -0.05) is 98.9 Å². The number of aliphatic hydroxyl groups excluding tert-OH is 4. The molecule has 0 radical (unpaired) electrons. The first-order valence-electron chi connectivity index (χ1n) is 26.4. The number of hydrogen-bond acceptors (Lipinski definition) is 19. The monoisotopic (exact) mass is 1100 g/mol. The minimum absolute atomic E-state index is 0.0539. The van der Waals surface area contributed by atoms with Crippen molar-refractivity contribution >= 4 is 57.9 Å². The van der Waals surface area contributed by atoms with Crippen LogP contribution in [0.1, 0.15) is 115 Å². The minimum atomic E-state index is -2.52. The Morgan fingerprint density at radius 2 is 1.18 bits per heavy atom. The zero-order valence-corrected chi connectivity index (χ0v) is 44.8. The molecular formula is C59H76N2O18. The van der Waals surface area contributed by atoms with Gasteiger partial charge in [0.2, 0.25) is 0 Å². The number of anilines is 1. The van der Waals surface area contributed by atoms with Gasteiger partial charge in [0.05, 0.1) is 87.6 Å². The van der Waals surface area contributed by atoms with E-state index in [4.69, 9.17) is 25.7 Å². The van der Waals surface area contributed by atoms with E-state index in [1.165, 1.54) is 19.1 Å². The smallest absolute Gasteiger partial charge is 0.311 e. The highest BCUT2D eigenvalue weighted by atomic mass is 16.7. The number of carboxylic acids is 1. The number of aliphatic hydroxyl groups is 5. The lowest BCUT2D eigenvalue weighted by Crippen LogP contribution is -2.61. The molecule has 0 saturated carbocycles. The molecule has 79 heavy (non-hydrogen) atoms. The van der Waals surface area contributed by atoms with Crippen LogP contribution in [0.2, 0.25) is 0 Å². The Balaban J connectivity index is 1.54. The number of aliphatic carboxylic acids is 1. The van der Waals surface area contributed by atoms with Crippen LogP contribution in [0.5, 0.6) is 0 Å². The first-order valence-corrected chi connectivity index (χ1v) is 26.4. The number of benzene rings is 1. The van der Waals surface area contributed by atoms with E-state index in [0.717, 1.165) is 0 Å². The van der Waals surface area contributed by atoms with E-state index in [2.05, 4.69) is 0 Å². The van der Waals surface area contributed by atoms with Gasteiger partial charge in [0.15, 0.2) is 17.9 Å². The SMILES string of the molecule is CC1C=CC=CC=CC=CC=CC=CC=CC(O[C@@H]2O[C@H](C)[C@@H](O)[C@H](N)[C@@H]2O)CC2OC(O)(CC(=O)CC(=O)CC(=O)CC(=O)CC(=O)CC(=O)CC(=O)CC1C(C)CCC(O)CC(=O)c1ccc(N)cc1)CC(O)C2C(=O)O. The lowest BCUT2D eigenvalue weighted by Gasteiger charge is -2.44. The van der Waals surface area contributed by atoms with E-state index in [1.54, 1.807) is 85.0 Å². The normalized spacial score (nSPS) is 31.1. The van der Waals surface area contributed by atoms with Gasteiger partial charge >= 0.3 is 5.97 Å². The summed E-state index contributed by atoms with van der Waals surface area (Å²) in [5.41, 5.74) is 12.7. The van der Waals surface area contributed by atoms with E-state index in [-0.39, 0.29) is 42.8 Å². The molecule has 1 aromatic rings. The quantitative estimate of drug-likeness (QED) is 0.0932. The number of carbonyl (C=O) groups excluding carboxylic acids is 8. The maximum absolute atomic E-state index is 13.4. The van der Waals surface area contributed by atoms with Gasteiger partial charge in [-0.15, -0.1) is 0 Å². The number of ketones is 8. The molecule has 0 amide bonds. The summed E-state index contributed by atoms with van der Waals surface area (Å²) in [5, 5.41) is 64.7. The van der Waals surface area contributed by atoms with Crippen LogP contribution in [-0.2, 0) is 52.6 Å². The number of carboxylic acid groups (broad SMARTS) is 1. The molecule has 0 aliphatic carbocycles. The number of Topliss-reactive ketones (excluding diaryl/α,β-unsaturated/α-hetero) is 8. The van der Waals surface area contributed by atoms with Crippen molar-refractivity contribution in [3.05, 3.63) is 115 Å². The van der Waals surface area contributed by atoms with Crippen molar-refractivity contribution in [1.29, 1.82) is 0 Å². The molecule has 9 unspecified atom stereocenters. The van der Waals surface area contributed by atoms with Gasteiger partial charge in [0.25, 0.3) is 0 Å². The van der Waals surface area contributed by atoms with Crippen LogP contribution in [0.4, 0.5) is 5.69 Å². The molecule has 3 aliphatic heterocycles. The Morgan fingerprint density at radius 3 is 1.70 bits per heavy atom. The topological polar surface area (TPSA) is 355 Å². The summed E-state index contributed by atoms with van der Waals surface area (Å²) < 4.78 is 17.6. The van der Waals surface area contributed by atoms with Gasteiger partial charge in [-0.05, 0) is 61.8 Å².